The van der Waals surface area contributed by atoms with Gasteiger partial charge in [0, 0.05) is 39.7 Å². The van der Waals surface area contributed by atoms with Gasteiger partial charge in [-0.1, -0.05) is 41.4 Å². The lowest BCUT2D eigenvalue weighted by Gasteiger charge is -2.10. The van der Waals surface area contributed by atoms with E-state index in [1.54, 1.807) is 24.3 Å². The van der Waals surface area contributed by atoms with Crippen LogP contribution in [-0.2, 0) is 16.2 Å². The third-order valence-corrected chi connectivity index (χ3v) is 5.02. The Labute approximate surface area is 200 Å². The van der Waals surface area contributed by atoms with E-state index in [1.165, 1.54) is 30.5 Å². The predicted molar refractivity (Wildman–Crippen MR) is 127 cm³/mol. The van der Waals surface area contributed by atoms with Gasteiger partial charge in [-0.05, 0) is 48.5 Å². The first kappa shape index (κ1) is 24.2. The Morgan fingerprint density at radius 2 is 1.70 bits per heavy atom. The van der Waals surface area contributed by atoms with Crippen LogP contribution in [0.4, 0.5) is 10.1 Å². The average Bonchev–Trinajstić information content (AvgIpc) is 2.80. The van der Waals surface area contributed by atoms with Gasteiger partial charge in [0.05, 0.1) is 6.21 Å². The molecule has 3 aromatic carbocycles. The number of hydrogen-bond acceptors (Lipinski definition) is 4. The van der Waals surface area contributed by atoms with Crippen molar-refractivity contribution >= 4 is 46.9 Å². The van der Waals surface area contributed by atoms with Crippen LogP contribution in [0, 0.1) is 5.82 Å². The van der Waals surface area contributed by atoms with Gasteiger partial charge in [-0.3, -0.25) is 9.59 Å². The average molecular weight is 488 g/mol. The molecule has 3 aromatic rings. The monoisotopic (exact) mass is 487 g/mol. The van der Waals surface area contributed by atoms with Crippen molar-refractivity contribution in [3.05, 3.63) is 93.7 Å². The number of hydrazone groups is 1. The summed E-state index contributed by atoms with van der Waals surface area (Å²) in [7, 11) is 0. The van der Waals surface area contributed by atoms with Gasteiger partial charge in [0.15, 0.2) is 0 Å². The third-order valence-electron chi connectivity index (χ3n) is 4.41. The minimum absolute atomic E-state index is 0.0535. The molecular formula is C24H20Cl2FN3O3. The SMILES string of the molecule is O=C(CCC(=O)Nc1ccc(F)cc1)NN=Cc1cc(Cl)ccc1OCc1ccccc1Cl. The number of carbonyl (C=O) groups is 2. The van der Waals surface area contributed by atoms with Gasteiger partial charge in [-0.25, -0.2) is 9.82 Å². The first-order chi connectivity index (χ1) is 15.9. The molecule has 0 unspecified atom stereocenters. The maximum Gasteiger partial charge on any atom is 0.240 e. The van der Waals surface area contributed by atoms with Crippen molar-refractivity contribution in [2.24, 2.45) is 5.10 Å². The molecule has 2 N–H and O–H groups in total. The van der Waals surface area contributed by atoms with Gasteiger partial charge in [-0.2, -0.15) is 5.10 Å². The summed E-state index contributed by atoms with van der Waals surface area (Å²) in [6.07, 6.45) is 1.28. The fourth-order valence-electron chi connectivity index (χ4n) is 2.74. The molecule has 2 amide bonds. The van der Waals surface area contributed by atoms with Gasteiger partial charge in [-0.15, -0.1) is 0 Å². The van der Waals surface area contributed by atoms with Gasteiger partial charge in [0.1, 0.15) is 18.2 Å². The van der Waals surface area contributed by atoms with Crippen molar-refractivity contribution in [2.75, 3.05) is 5.32 Å². The smallest absolute Gasteiger partial charge is 0.240 e. The number of halogens is 3. The van der Waals surface area contributed by atoms with E-state index in [4.69, 9.17) is 27.9 Å². The lowest BCUT2D eigenvalue weighted by atomic mass is 10.2. The third kappa shape index (κ3) is 7.89. The van der Waals surface area contributed by atoms with E-state index in [-0.39, 0.29) is 25.4 Å². The van der Waals surface area contributed by atoms with Gasteiger partial charge < -0.3 is 10.1 Å². The Hall–Kier alpha value is -3.42. The molecule has 9 heteroatoms. The summed E-state index contributed by atoms with van der Waals surface area (Å²) in [4.78, 5) is 23.9. The number of rotatable bonds is 9. The Morgan fingerprint density at radius 1 is 0.970 bits per heavy atom. The maximum absolute atomic E-state index is 12.9. The van der Waals surface area contributed by atoms with Crippen LogP contribution < -0.4 is 15.5 Å². The number of anilines is 1. The Kier molecular flexibility index (Phi) is 8.80. The minimum Gasteiger partial charge on any atom is -0.488 e. The summed E-state index contributed by atoms with van der Waals surface area (Å²) in [6, 6.07) is 17.7. The number of nitrogens with zero attached hydrogens (tertiary/aromatic N) is 1. The molecule has 170 valence electrons. The molecule has 0 radical (unpaired) electrons. The van der Waals surface area contributed by atoms with Crippen LogP contribution in [0.15, 0.2) is 71.8 Å². The van der Waals surface area contributed by atoms with Crippen molar-refractivity contribution in [3.63, 3.8) is 0 Å². The lowest BCUT2D eigenvalue weighted by Crippen LogP contribution is -2.20. The normalized spacial score (nSPS) is 10.8. The molecule has 0 aliphatic rings. The molecule has 0 saturated heterocycles. The topological polar surface area (TPSA) is 79.8 Å². The molecule has 0 saturated carbocycles. The standard InChI is InChI=1S/C24H20Cl2FN3O3/c25-18-5-10-22(33-15-16-3-1-2-4-21(16)26)17(13-18)14-28-30-24(32)12-11-23(31)29-20-8-6-19(27)7-9-20/h1-10,13-14H,11-12,15H2,(H,29,31)(H,30,32). The molecule has 0 heterocycles. The lowest BCUT2D eigenvalue weighted by molar-refractivity contribution is -0.124. The highest BCUT2D eigenvalue weighted by atomic mass is 35.5. The van der Waals surface area contributed by atoms with Crippen molar-refractivity contribution in [1.82, 2.24) is 5.43 Å². The quantitative estimate of drug-likeness (QED) is 0.305. The highest BCUT2D eigenvalue weighted by Crippen LogP contribution is 2.24. The fourth-order valence-corrected chi connectivity index (χ4v) is 3.11. The van der Waals surface area contributed by atoms with Gasteiger partial charge >= 0.3 is 0 Å². The number of amides is 2. The van der Waals surface area contributed by atoms with E-state index in [0.717, 1.165) is 5.56 Å². The molecule has 3 rings (SSSR count). The second-order valence-electron chi connectivity index (χ2n) is 6.91. The summed E-state index contributed by atoms with van der Waals surface area (Å²) in [5, 5.41) is 7.58. The number of benzene rings is 3. The number of ether oxygens (including phenoxy) is 1. The Balaban J connectivity index is 1.51. The zero-order valence-electron chi connectivity index (χ0n) is 17.4. The highest BCUT2D eigenvalue weighted by molar-refractivity contribution is 6.31. The second-order valence-corrected chi connectivity index (χ2v) is 7.75. The number of carbonyl (C=O) groups excluding carboxylic acids is 2. The van der Waals surface area contributed by atoms with Crippen LogP contribution in [0.3, 0.4) is 0 Å². The van der Waals surface area contributed by atoms with Crippen molar-refractivity contribution in [3.8, 4) is 5.75 Å². The maximum atomic E-state index is 12.9. The van der Waals surface area contributed by atoms with E-state index in [1.807, 2.05) is 18.2 Å². The first-order valence-corrected chi connectivity index (χ1v) is 10.7. The largest absolute Gasteiger partial charge is 0.488 e. The van der Waals surface area contributed by atoms with Crippen molar-refractivity contribution in [2.45, 2.75) is 19.4 Å². The molecule has 33 heavy (non-hydrogen) atoms. The van der Waals surface area contributed by atoms with Crippen LogP contribution in [-0.4, -0.2) is 18.0 Å². The predicted octanol–water partition coefficient (Wildman–Crippen LogP) is 5.58. The molecule has 0 aliphatic carbocycles. The fraction of sp³-hybridized carbons (Fsp3) is 0.125. The molecule has 0 atom stereocenters. The van der Waals surface area contributed by atoms with Crippen LogP contribution in [0.1, 0.15) is 24.0 Å². The Bertz CT molecular complexity index is 1150. The Morgan fingerprint density at radius 3 is 2.45 bits per heavy atom. The van der Waals surface area contributed by atoms with Crippen LogP contribution in [0.2, 0.25) is 10.0 Å². The van der Waals surface area contributed by atoms with E-state index >= 15 is 0 Å². The van der Waals surface area contributed by atoms with E-state index < -0.39 is 11.7 Å². The molecule has 0 fully saturated rings. The molecular weight excluding hydrogens is 468 g/mol. The molecule has 0 bridgehead atoms. The van der Waals surface area contributed by atoms with Crippen LogP contribution >= 0.6 is 23.2 Å². The molecule has 6 nitrogen and oxygen atoms in total. The number of nitrogens with one attached hydrogen (secondary N) is 2. The van der Waals surface area contributed by atoms with Crippen LogP contribution in [0.5, 0.6) is 5.75 Å². The zero-order chi connectivity index (χ0) is 23.6. The summed E-state index contributed by atoms with van der Waals surface area (Å²) in [6.45, 7) is 0.248. The summed E-state index contributed by atoms with van der Waals surface area (Å²) in [5.41, 5.74) is 4.20. The summed E-state index contributed by atoms with van der Waals surface area (Å²) in [5.74, 6) is -0.703. The molecule has 0 spiro atoms. The molecule has 0 aliphatic heterocycles. The summed E-state index contributed by atoms with van der Waals surface area (Å²) < 4.78 is 18.7. The van der Waals surface area contributed by atoms with E-state index in [9.17, 15) is 14.0 Å². The van der Waals surface area contributed by atoms with Crippen molar-refractivity contribution in [1.29, 1.82) is 0 Å². The van der Waals surface area contributed by atoms with Gasteiger partial charge in [0.2, 0.25) is 11.8 Å². The van der Waals surface area contributed by atoms with Crippen LogP contribution in [0.25, 0.3) is 0 Å². The number of hydrogen-bond donors (Lipinski definition) is 2. The molecule has 0 aromatic heterocycles. The van der Waals surface area contributed by atoms with E-state index in [2.05, 4.69) is 15.8 Å². The first-order valence-electron chi connectivity index (χ1n) is 9.94. The van der Waals surface area contributed by atoms with Gasteiger partial charge in [0.25, 0.3) is 0 Å². The van der Waals surface area contributed by atoms with Crippen molar-refractivity contribution < 1.29 is 18.7 Å². The zero-order valence-corrected chi connectivity index (χ0v) is 18.9. The second kappa shape index (κ2) is 12.0. The highest BCUT2D eigenvalue weighted by Gasteiger charge is 2.08. The minimum atomic E-state index is -0.443. The summed E-state index contributed by atoms with van der Waals surface area (Å²) >= 11 is 12.2. The van der Waals surface area contributed by atoms with E-state index in [0.29, 0.717) is 27.0 Å².